The van der Waals surface area contributed by atoms with E-state index in [9.17, 15) is 8.78 Å². The smallest absolute Gasteiger partial charge is 0.263 e. The van der Waals surface area contributed by atoms with Gasteiger partial charge in [-0.15, -0.1) is 0 Å². The lowest BCUT2D eigenvalue weighted by atomic mass is 10.0. The second kappa shape index (κ2) is 12.8. The van der Waals surface area contributed by atoms with Gasteiger partial charge in [-0.05, 0) is 43.7 Å². The molecule has 224 valence electrons. The van der Waals surface area contributed by atoms with Crippen LogP contribution in [0.5, 0.6) is 5.75 Å². The standard InChI is InChI=1S/C31H39F2N7O2/c1-37-13-15-39(16-14-37)24-8-11-38(12-9-24)25-6-7-26(28(19-25)41-2)36-29-20-30(35-21-34-29)40-27(10-17-42-40)22-4-3-5-23(18-22)31(32)33/h3-7,18-21,24,27,31H,8-17H2,1-2H3,(H,34,35,36). The van der Waals surface area contributed by atoms with Crippen LogP contribution in [0, 0.1) is 0 Å². The summed E-state index contributed by atoms with van der Waals surface area (Å²) in [6.45, 7) is 7.16. The molecule has 0 bridgehead atoms. The molecule has 3 aliphatic heterocycles. The predicted octanol–water partition coefficient (Wildman–Crippen LogP) is 5.27. The Bertz CT molecular complexity index is 1350. The molecule has 0 spiro atoms. The van der Waals surface area contributed by atoms with Gasteiger partial charge >= 0.3 is 0 Å². The maximum absolute atomic E-state index is 13.3. The number of rotatable bonds is 8. The SMILES string of the molecule is COc1cc(N2CCC(N3CCN(C)CC3)CC2)ccc1Nc1cc(N2OCCC2c2cccc(C(F)F)c2)ncn1. The van der Waals surface area contributed by atoms with Gasteiger partial charge in [0.2, 0.25) is 0 Å². The molecular weight excluding hydrogens is 540 g/mol. The highest BCUT2D eigenvalue weighted by Gasteiger charge is 2.30. The summed E-state index contributed by atoms with van der Waals surface area (Å²) in [4.78, 5) is 22.2. The molecule has 3 saturated heterocycles. The highest BCUT2D eigenvalue weighted by molar-refractivity contribution is 5.70. The molecule has 3 fully saturated rings. The third kappa shape index (κ3) is 6.28. The van der Waals surface area contributed by atoms with Gasteiger partial charge in [0.05, 0.1) is 25.4 Å². The molecule has 11 heteroatoms. The molecule has 4 heterocycles. The monoisotopic (exact) mass is 579 g/mol. The van der Waals surface area contributed by atoms with Crippen molar-refractivity contribution in [3.05, 3.63) is 66.0 Å². The van der Waals surface area contributed by atoms with E-state index in [4.69, 9.17) is 9.57 Å². The minimum Gasteiger partial charge on any atom is -0.494 e. The van der Waals surface area contributed by atoms with E-state index in [2.05, 4.69) is 49.2 Å². The number of likely N-dealkylation sites (N-methyl/N-ethyl adjacent to an activating group) is 1. The predicted molar refractivity (Wildman–Crippen MR) is 160 cm³/mol. The van der Waals surface area contributed by atoms with Crippen LogP contribution in [0.25, 0.3) is 0 Å². The van der Waals surface area contributed by atoms with E-state index in [1.165, 1.54) is 25.2 Å². The van der Waals surface area contributed by atoms with Crippen molar-refractivity contribution in [1.29, 1.82) is 0 Å². The van der Waals surface area contributed by atoms with Crippen molar-refractivity contribution >= 4 is 23.0 Å². The summed E-state index contributed by atoms with van der Waals surface area (Å²) in [6.07, 6.45) is 1.95. The fourth-order valence-electron chi connectivity index (χ4n) is 6.23. The first kappa shape index (κ1) is 28.6. The molecule has 0 aliphatic carbocycles. The van der Waals surface area contributed by atoms with E-state index in [0.29, 0.717) is 30.7 Å². The Labute approximate surface area is 246 Å². The van der Waals surface area contributed by atoms with Crippen LogP contribution in [0.4, 0.5) is 31.8 Å². The van der Waals surface area contributed by atoms with Crippen molar-refractivity contribution in [3.8, 4) is 5.75 Å². The molecule has 0 amide bonds. The van der Waals surface area contributed by atoms with Crippen LogP contribution in [-0.2, 0) is 4.84 Å². The Morgan fingerprint density at radius 3 is 2.52 bits per heavy atom. The number of hydroxylamine groups is 1. The summed E-state index contributed by atoms with van der Waals surface area (Å²) in [6, 6.07) is 15.0. The zero-order chi connectivity index (χ0) is 29.1. The summed E-state index contributed by atoms with van der Waals surface area (Å²) in [5.74, 6) is 1.86. The molecule has 1 N–H and O–H groups in total. The molecule has 1 aromatic heterocycles. The third-order valence-corrected chi connectivity index (χ3v) is 8.66. The van der Waals surface area contributed by atoms with Crippen LogP contribution in [0.2, 0.25) is 0 Å². The Morgan fingerprint density at radius 2 is 1.76 bits per heavy atom. The third-order valence-electron chi connectivity index (χ3n) is 8.66. The zero-order valence-electron chi connectivity index (χ0n) is 24.3. The minimum atomic E-state index is -2.52. The number of halogens is 2. The van der Waals surface area contributed by atoms with Crippen LogP contribution in [0.3, 0.4) is 0 Å². The number of nitrogens with one attached hydrogen (secondary N) is 1. The van der Waals surface area contributed by atoms with E-state index in [1.807, 2.05) is 12.1 Å². The first-order chi connectivity index (χ1) is 20.5. The lowest BCUT2D eigenvalue weighted by Gasteiger charge is -2.42. The maximum Gasteiger partial charge on any atom is 0.263 e. The Morgan fingerprint density at radius 1 is 0.952 bits per heavy atom. The molecule has 1 unspecified atom stereocenters. The molecule has 6 rings (SSSR count). The summed E-state index contributed by atoms with van der Waals surface area (Å²) >= 11 is 0. The van der Waals surface area contributed by atoms with E-state index in [-0.39, 0.29) is 11.6 Å². The first-order valence-corrected chi connectivity index (χ1v) is 14.7. The van der Waals surface area contributed by atoms with Crippen LogP contribution in [0.15, 0.2) is 54.9 Å². The average molecular weight is 580 g/mol. The fraction of sp³-hybridized carbons (Fsp3) is 0.484. The summed E-state index contributed by atoms with van der Waals surface area (Å²) in [5.41, 5.74) is 2.71. The molecule has 42 heavy (non-hydrogen) atoms. The van der Waals surface area contributed by atoms with E-state index in [1.54, 1.807) is 30.4 Å². The van der Waals surface area contributed by atoms with Crippen LogP contribution in [-0.4, -0.2) is 85.8 Å². The number of benzene rings is 2. The number of anilines is 4. The highest BCUT2D eigenvalue weighted by Crippen LogP contribution is 2.37. The Kier molecular flexibility index (Phi) is 8.68. The topological polar surface area (TPSA) is 69.2 Å². The Hall–Kier alpha value is -3.54. The zero-order valence-corrected chi connectivity index (χ0v) is 24.3. The Balaban J connectivity index is 1.12. The van der Waals surface area contributed by atoms with Crippen LogP contribution >= 0.6 is 0 Å². The second-order valence-corrected chi connectivity index (χ2v) is 11.3. The van der Waals surface area contributed by atoms with Gasteiger partial charge < -0.3 is 19.9 Å². The fourth-order valence-corrected chi connectivity index (χ4v) is 6.23. The van der Waals surface area contributed by atoms with Gasteiger partial charge in [-0.3, -0.25) is 9.74 Å². The average Bonchev–Trinajstić information content (AvgIpc) is 3.52. The van der Waals surface area contributed by atoms with Gasteiger partial charge in [-0.25, -0.2) is 23.8 Å². The molecule has 0 saturated carbocycles. The lowest BCUT2D eigenvalue weighted by Crippen LogP contribution is -2.52. The number of ether oxygens (including phenoxy) is 1. The molecule has 9 nitrogen and oxygen atoms in total. The van der Waals surface area contributed by atoms with E-state index in [0.717, 1.165) is 62.0 Å². The van der Waals surface area contributed by atoms with E-state index >= 15 is 0 Å². The van der Waals surface area contributed by atoms with Gasteiger partial charge in [0, 0.05) is 75.1 Å². The number of alkyl halides is 2. The quantitative estimate of drug-likeness (QED) is 0.385. The van der Waals surface area contributed by atoms with Crippen molar-refractivity contribution in [1.82, 2.24) is 19.8 Å². The molecule has 0 radical (unpaired) electrons. The molecule has 3 aliphatic rings. The van der Waals surface area contributed by atoms with Gasteiger partial charge in [0.25, 0.3) is 6.43 Å². The van der Waals surface area contributed by atoms with Crippen molar-refractivity contribution in [2.45, 2.75) is 37.8 Å². The molecule has 3 aromatic rings. The lowest BCUT2D eigenvalue weighted by molar-refractivity contribution is 0.0982. The number of hydrogen-bond acceptors (Lipinski definition) is 9. The molecular formula is C31H39F2N7O2. The molecule has 2 aromatic carbocycles. The molecule has 1 atom stereocenters. The number of nitrogens with zero attached hydrogens (tertiary/aromatic N) is 6. The van der Waals surface area contributed by atoms with Gasteiger partial charge in [0.1, 0.15) is 17.9 Å². The highest BCUT2D eigenvalue weighted by atomic mass is 19.3. The number of methoxy groups -OCH3 is 1. The number of piperazine rings is 1. The summed E-state index contributed by atoms with van der Waals surface area (Å²) in [7, 11) is 3.87. The van der Waals surface area contributed by atoms with E-state index < -0.39 is 6.43 Å². The van der Waals surface area contributed by atoms with Gasteiger partial charge in [-0.1, -0.05) is 18.2 Å². The number of piperidine rings is 1. The number of hydrogen-bond donors (Lipinski definition) is 1. The first-order valence-electron chi connectivity index (χ1n) is 14.7. The van der Waals surface area contributed by atoms with Crippen molar-refractivity contribution in [2.24, 2.45) is 0 Å². The second-order valence-electron chi connectivity index (χ2n) is 11.3. The summed E-state index contributed by atoms with van der Waals surface area (Å²) in [5, 5.41) is 5.05. The minimum absolute atomic E-state index is 0.000614. The van der Waals surface area contributed by atoms with Crippen molar-refractivity contribution < 1.29 is 18.4 Å². The maximum atomic E-state index is 13.3. The van der Waals surface area contributed by atoms with Crippen LogP contribution < -0.4 is 20.0 Å². The van der Waals surface area contributed by atoms with Gasteiger partial charge in [-0.2, -0.15) is 0 Å². The largest absolute Gasteiger partial charge is 0.494 e. The summed E-state index contributed by atoms with van der Waals surface area (Å²) < 4.78 is 32.4. The van der Waals surface area contributed by atoms with Crippen LogP contribution in [0.1, 0.15) is 42.9 Å². The van der Waals surface area contributed by atoms with Gasteiger partial charge in [0.15, 0.2) is 5.82 Å². The van der Waals surface area contributed by atoms with Crippen molar-refractivity contribution in [2.75, 3.05) is 75.3 Å². The van der Waals surface area contributed by atoms with Crippen molar-refractivity contribution in [3.63, 3.8) is 0 Å². The number of aromatic nitrogens is 2. The normalized spacial score (nSPS) is 20.8.